The monoisotopic (exact) mass is 358 g/mol. The fourth-order valence-electron chi connectivity index (χ4n) is 2.82. The van der Waals surface area contributed by atoms with Crippen molar-refractivity contribution in [1.29, 1.82) is 0 Å². The lowest BCUT2D eigenvalue weighted by molar-refractivity contribution is 0.0909. The molecule has 1 atom stereocenters. The average Bonchev–Trinajstić information content (AvgIpc) is 3.18. The Morgan fingerprint density at radius 1 is 1.38 bits per heavy atom. The van der Waals surface area contributed by atoms with Crippen molar-refractivity contribution < 1.29 is 14.3 Å². The van der Waals surface area contributed by atoms with Gasteiger partial charge in [-0.25, -0.2) is 4.98 Å². The molecule has 3 heterocycles. The van der Waals surface area contributed by atoms with Gasteiger partial charge in [0.15, 0.2) is 0 Å². The molecule has 3 rings (SSSR count). The van der Waals surface area contributed by atoms with Crippen LogP contribution in [0.4, 0.5) is 0 Å². The summed E-state index contributed by atoms with van der Waals surface area (Å²) >= 11 is 0. The van der Waals surface area contributed by atoms with Crippen LogP contribution < -0.4 is 10.9 Å². The number of carbonyl (C=O) groups is 1. The number of nitrogens with one attached hydrogen (secondary N) is 1. The van der Waals surface area contributed by atoms with Gasteiger partial charge in [0.1, 0.15) is 17.2 Å². The topological polar surface area (TPSA) is 102 Å². The van der Waals surface area contributed by atoms with Crippen LogP contribution in [0.25, 0.3) is 16.9 Å². The van der Waals surface area contributed by atoms with E-state index in [9.17, 15) is 14.7 Å². The maximum absolute atomic E-state index is 12.7. The third-order valence-corrected chi connectivity index (χ3v) is 4.37. The highest BCUT2D eigenvalue weighted by atomic mass is 16.3. The molecule has 8 nitrogen and oxygen atoms in total. The molecule has 0 fully saturated rings. The van der Waals surface area contributed by atoms with Gasteiger partial charge in [-0.3, -0.25) is 14.0 Å². The van der Waals surface area contributed by atoms with Crippen LogP contribution in [0.5, 0.6) is 0 Å². The number of carbonyl (C=O) groups excluding carboxylic acids is 1. The van der Waals surface area contributed by atoms with Crippen LogP contribution in [0.3, 0.4) is 0 Å². The molecule has 1 unspecified atom stereocenters. The molecule has 0 aliphatic carbocycles. The molecule has 8 heteroatoms. The summed E-state index contributed by atoms with van der Waals surface area (Å²) < 4.78 is 8.59. The Bertz CT molecular complexity index is 1030. The lowest BCUT2D eigenvalue weighted by atomic mass is 10.2. The number of furan rings is 1. The molecule has 2 N–H and O–H groups in total. The lowest BCUT2D eigenvalue weighted by Gasteiger charge is -2.07. The number of amides is 1. The molecule has 3 aromatic rings. The second-order valence-electron chi connectivity index (χ2n) is 6.33. The highest BCUT2D eigenvalue weighted by Crippen LogP contribution is 2.25. The summed E-state index contributed by atoms with van der Waals surface area (Å²) in [6, 6.07) is 1.87. The predicted molar refractivity (Wildman–Crippen MR) is 96.2 cm³/mol. The van der Waals surface area contributed by atoms with E-state index in [0.717, 1.165) is 11.3 Å². The average molecular weight is 358 g/mol. The quantitative estimate of drug-likeness (QED) is 0.718. The minimum absolute atomic E-state index is 0.127. The molecule has 1 amide bonds. The van der Waals surface area contributed by atoms with E-state index < -0.39 is 12.0 Å². The second kappa shape index (κ2) is 6.80. The number of aliphatic hydroxyl groups excluding tert-OH is 1. The Balaban J connectivity index is 2.02. The number of aromatic nitrogens is 3. The van der Waals surface area contributed by atoms with Gasteiger partial charge in [0.2, 0.25) is 5.65 Å². The van der Waals surface area contributed by atoms with Crippen molar-refractivity contribution in [3.8, 4) is 11.3 Å². The van der Waals surface area contributed by atoms with Crippen molar-refractivity contribution >= 4 is 11.6 Å². The molecule has 0 saturated heterocycles. The highest BCUT2D eigenvalue weighted by Gasteiger charge is 2.18. The molecular weight excluding hydrogens is 336 g/mol. The van der Waals surface area contributed by atoms with Gasteiger partial charge in [0.25, 0.3) is 11.5 Å². The van der Waals surface area contributed by atoms with Gasteiger partial charge in [-0.05, 0) is 26.3 Å². The van der Waals surface area contributed by atoms with Crippen molar-refractivity contribution in [3.63, 3.8) is 0 Å². The van der Waals surface area contributed by atoms with Crippen LogP contribution in [0.1, 0.15) is 35.4 Å². The number of hydrogen-bond acceptors (Lipinski definition) is 5. The van der Waals surface area contributed by atoms with E-state index in [0.29, 0.717) is 17.9 Å². The van der Waals surface area contributed by atoms with Crippen LogP contribution in [0.2, 0.25) is 0 Å². The maximum atomic E-state index is 12.7. The fourth-order valence-corrected chi connectivity index (χ4v) is 2.82. The van der Waals surface area contributed by atoms with Crippen molar-refractivity contribution in [1.82, 2.24) is 19.3 Å². The summed E-state index contributed by atoms with van der Waals surface area (Å²) in [5, 5.41) is 12.2. The molecule has 0 aliphatic heterocycles. The first-order valence-electron chi connectivity index (χ1n) is 8.44. The van der Waals surface area contributed by atoms with Crippen molar-refractivity contribution in [2.45, 2.75) is 33.3 Å². The molecule has 3 aromatic heterocycles. The molecule has 0 aliphatic rings. The molecule has 0 spiro atoms. The van der Waals surface area contributed by atoms with Gasteiger partial charge >= 0.3 is 0 Å². The third-order valence-electron chi connectivity index (χ3n) is 4.37. The van der Waals surface area contributed by atoms with E-state index in [4.69, 9.17) is 4.42 Å². The summed E-state index contributed by atoms with van der Waals surface area (Å²) in [5.74, 6) is 1.04. The Morgan fingerprint density at radius 2 is 2.12 bits per heavy atom. The Morgan fingerprint density at radius 3 is 2.73 bits per heavy atom. The number of imidazole rings is 1. The van der Waals surface area contributed by atoms with Crippen LogP contribution in [-0.2, 0) is 7.05 Å². The number of fused-ring (bicyclic) bond motifs is 1. The largest absolute Gasteiger partial charge is 0.466 e. The van der Waals surface area contributed by atoms with Gasteiger partial charge in [-0.2, -0.15) is 0 Å². The number of rotatable bonds is 5. The SMILES string of the molecule is CCC(O)CNC(=O)c1cn2cc(-c3cc(C)oc3C)n(C)c(=O)c2n1. The van der Waals surface area contributed by atoms with Gasteiger partial charge in [0.05, 0.1) is 11.8 Å². The van der Waals surface area contributed by atoms with Gasteiger partial charge < -0.3 is 19.4 Å². The summed E-state index contributed by atoms with van der Waals surface area (Å²) in [4.78, 5) is 29.0. The molecule has 0 bridgehead atoms. The number of nitrogens with zero attached hydrogens (tertiary/aromatic N) is 3. The first kappa shape index (κ1) is 17.9. The molecule has 0 saturated carbocycles. The zero-order chi connectivity index (χ0) is 19.0. The van der Waals surface area contributed by atoms with Crippen LogP contribution in [0, 0.1) is 13.8 Å². The number of aliphatic hydroxyl groups is 1. The Kier molecular flexibility index (Phi) is 4.69. The summed E-state index contributed by atoms with van der Waals surface area (Å²) in [6.07, 6.45) is 3.19. The molecule has 0 radical (unpaired) electrons. The molecule has 26 heavy (non-hydrogen) atoms. The van der Waals surface area contributed by atoms with Gasteiger partial charge in [0, 0.05) is 31.5 Å². The molecule has 0 aromatic carbocycles. The van der Waals surface area contributed by atoms with E-state index >= 15 is 0 Å². The van der Waals surface area contributed by atoms with E-state index in [1.54, 1.807) is 17.6 Å². The van der Waals surface area contributed by atoms with Crippen molar-refractivity contribution in [2.24, 2.45) is 7.05 Å². The standard InChI is InChI=1S/C18H22N4O4/c1-5-12(23)7-19-17(24)14-8-22-9-15(13-6-10(2)26-11(13)3)21(4)18(25)16(22)20-14/h6,8-9,12,23H,5,7H2,1-4H3,(H,19,24). The minimum Gasteiger partial charge on any atom is -0.466 e. The molecule has 138 valence electrons. The van der Waals surface area contributed by atoms with E-state index in [1.807, 2.05) is 26.8 Å². The second-order valence-corrected chi connectivity index (χ2v) is 6.33. The summed E-state index contributed by atoms with van der Waals surface area (Å²) in [5.41, 5.74) is 1.46. The number of aryl methyl sites for hydroxylation is 2. The summed E-state index contributed by atoms with van der Waals surface area (Å²) in [6.45, 7) is 5.65. The van der Waals surface area contributed by atoms with Crippen molar-refractivity contribution in [3.05, 3.63) is 46.0 Å². The van der Waals surface area contributed by atoms with E-state index in [-0.39, 0.29) is 23.4 Å². The first-order chi connectivity index (χ1) is 12.3. The Labute approximate surface area is 150 Å². The van der Waals surface area contributed by atoms with Gasteiger partial charge in [-0.15, -0.1) is 0 Å². The van der Waals surface area contributed by atoms with Crippen LogP contribution in [0.15, 0.2) is 27.7 Å². The number of hydrogen-bond donors (Lipinski definition) is 2. The van der Waals surface area contributed by atoms with Crippen LogP contribution in [-0.4, -0.2) is 37.6 Å². The zero-order valence-corrected chi connectivity index (χ0v) is 15.2. The van der Waals surface area contributed by atoms with Crippen molar-refractivity contribution in [2.75, 3.05) is 6.54 Å². The van der Waals surface area contributed by atoms with E-state index in [2.05, 4.69) is 10.3 Å². The normalized spacial score (nSPS) is 12.5. The highest BCUT2D eigenvalue weighted by molar-refractivity contribution is 5.92. The van der Waals surface area contributed by atoms with Crippen LogP contribution >= 0.6 is 0 Å². The smallest absolute Gasteiger partial charge is 0.294 e. The summed E-state index contributed by atoms with van der Waals surface area (Å²) in [7, 11) is 1.66. The Hall–Kier alpha value is -2.87. The predicted octanol–water partition coefficient (Wildman–Crippen LogP) is 1.41. The fraction of sp³-hybridized carbons (Fsp3) is 0.389. The lowest BCUT2D eigenvalue weighted by Crippen LogP contribution is -2.31. The minimum atomic E-state index is -0.609. The zero-order valence-electron chi connectivity index (χ0n) is 15.2. The maximum Gasteiger partial charge on any atom is 0.294 e. The van der Waals surface area contributed by atoms with Gasteiger partial charge in [-0.1, -0.05) is 6.92 Å². The first-order valence-corrected chi connectivity index (χ1v) is 8.44. The third kappa shape index (κ3) is 3.15. The van der Waals surface area contributed by atoms with E-state index in [1.165, 1.54) is 10.8 Å². The molecular formula is C18H22N4O4.